The van der Waals surface area contributed by atoms with Gasteiger partial charge in [0.25, 0.3) is 0 Å². The highest BCUT2D eigenvalue weighted by molar-refractivity contribution is 7.09. The normalized spacial score (nSPS) is 10.3. The average molecular weight is 221 g/mol. The van der Waals surface area contributed by atoms with E-state index in [9.17, 15) is 0 Å². The molecule has 6 heteroatoms. The summed E-state index contributed by atoms with van der Waals surface area (Å²) in [6, 6.07) is 1.72. The molecule has 0 radical (unpaired) electrons. The zero-order valence-corrected chi connectivity index (χ0v) is 9.08. The second-order valence-electron chi connectivity index (χ2n) is 3.04. The van der Waals surface area contributed by atoms with Crippen LogP contribution in [0, 0.1) is 6.92 Å². The van der Waals surface area contributed by atoms with Crippen LogP contribution in [0.4, 0.5) is 5.82 Å². The Morgan fingerprint density at radius 2 is 2.33 bits per heavy atom. The van der Waals surface area contributed by atoms with E-state index in [0.717, 1.165) is 16.5 Å². The predicted octanol–water partition coefficient (Wildman–Crippen LogP) is 1.12. The first-order valence-corrected chi connectivity index (χ1v) is 5.35. The van der Waals surface area contributed by atoms with E-state index in [0.29, 0.717) is 12.2 Å². The van der Waals surface area contributed by atoms with Gasteiger partial charge in [0, 0.05) is 17.6 Å². The Labute approximate surface area is 91.4 Å². The van der Waals surface area contributed by atoms with Crippen LogP contribution in [0.2, 0.25) is 0 Å². The zero-order chi connectivity index (χ0) is 10.7. The summed E-state index contributed by atoms with van der Waals surface area (Å²) in [6.45, 7) is 1.98. The second kappa shape index (κ2) is 4.33. The number of anilines is 1. The number of nitrogens with zero attached hydrogens (tertiary/aromatic N) is 3. The fourth-order valence-electron chi connectivity index (χ4n) is 1.22. The molecule has 0 atom stereocenters. The molecule has 2 rings (SSSR count). The largest absolute Gasteiger partial charge is 0.308 e. The topological polar surface area (TPSA) is 76.7 Å². The standard InChI is InChI=1S/C9H11N5S/c1-6-12-7(5-15-6)4-9-11-3-2-8(13-9)14-10/h2-3,5H,4,10H2,1H3,(H,11,13,14). The quantitative estimate of drug-likeness (QED) is 0.600. The molecule has 0 aliphatic heterocycles. The lowest BCUT2D eigenvalue weighted by atomic mass is 10.3. The van der Waals surface area contributed by atoms with Crippen molar-refractivity contribution in [2.24, 2.45) is 5.84 Å². The maximum atomic E-state index is 5.26. The summed E-state index contributed by atoms with van der Waals surface area (Å²) in [4.78, 5) is 12.7. The molecular weight excluding hydrogens is 210 g/mol. The number of nitrogens with one attached hydrogen (secondary N) is 1. The Kier molecular flexibility index (Phi) is 2.89. The molecule has 0 spiro atoms. The van der Waals surface area contributed by atoms with Gasteiger partial charge < -0.3 is 5.43 Å². The number of rotatable bonds is 3. The third-order valence-corrected chi connectivity index (χ3v) is 2.68. The van der Waals surface area contributed by atoms with Crippen LogP contribution in [0.3, 0.4) is 0 Å². The molecule has 0 amide bonds. The molecule has 5 nitrogen and oxygen atoms in total. The van der Waals surface area contributed by atoms with Crippen molar-refractivity contribution >= 4 is 17.2 Å². The minimum Gasteiger partial charge on any atom is -0.308 e. The third-order valence-electron chi connectivity index (χ3n) is 1.86. The first-order chi connectivity index (χ1) is 7.28. The van der Waals surface area contributed by atoms with Gasteiger partial charge in [0.15, 0.2) is 0 Å². The smallest absolute Gasteiger partial charge is 0.143 e. The van der Waals surface area contributed by atoms with Gasteiger partial charge in [-0.1, -0.05) is 0 Å². The number of nitrogens with two attached hydrogens (primary N) is 1. The van der Waals surface area contributed by atoms with Crippen LogP contribution in [0.15, 0.2) is 17.6 Å². The van der Waals surface area contributed by atoms with E-state index in [1.807, 2.05) is 12.3 Å². The number of nitrogen functional groups attached to an aromatic ring is 1. The van der Waals surface area contributed by atoms with E-state index >= 15 is 0 Å². The van der Waals surface area contributed by atoms with Crippen LogP contribution in [0.1, 0.15) is 16.5 Å². The van der Waals surface area contributed by atoms with Crippen LogP contribution in [-0.4, -0.2) is 15.0 Å². The van der Waals surface area contributed by atoms with E-state index in [2.05, 4.69) is 20.4 Å². The summed E-state index contributed by atoms with van der Waals surface area (Å²) in [6.07, 6.45) is 2.32. The SMILES string of the molecule is Cc1nc(Cc2nccc(NN)n2)cs1. The van der Waals surface area contributed by atoms with Crippen LogP contribution < -0.4 is 11.3 Å². The van der Waals surface area contributed by atoms with Crippen molar-refractivity contribution in [2.45, 2.75) is 13.3 Å². The second-order valence-corrected chi connectivity index (χ2v) is 4.10. The van der Waals surface area contributed by atoms with Gasteiger partial charge in [0.1, 0.15) is 11.6 Å². The Hall–Kier alpha value is -1.53. The molecule has 78 valence electrons. The van der Waals surface area contributed by atoms with Gasteiger partial charge in [-0.15, -0.1) is 11.3 Å². The number of hydrogen-bond acceptors (Lipinski definition) is 6. The van der Waals surface area contributed by atoms with Crippen LogP contribution in [0.5, 0.6) is 0 Å². The van der Waals surface area contributed by atoms with Crippen LogP contribution in [0.25, 0.3) is 0 Å². The van der Waals surface area contributed by atoms with Crippen molar-refractivity contribution in [2.75, 3.05) is 5.43 Å². The minimum absolute atomic E-state index is 0.618. The summed E-state index contributed by atoms with van der Waals surface area (Å²) in [5.41, 5.74) is 3.48. The predicted molar refractivity (Wildman–Crippen MR) is 59.5 cm³/mol. The minimum atomic E-state index is 0.618. The fraction of sp³-hybridized carbons (Fsp3) is 0.222. The Bertz CT molecular complexity index is 453. The van der Waals surface area contributed by atoms with E-state index in [4.69, 9.17) is 5.84 Å². The highest BCUT2D eigenvalue weighted by Gasteiger charge is 2.03. The highest BCUT2D eigenvalue weighted by atomic mass is 32.1. The number of hydrogen-bond donors (Lipinski definition) is 2. The molecular formula is C9H11N5S. The molecule has 0 aliphatic carbocycles. The molecule has 2 aromatic heterocycles. The molecule has 2 aromatic rings. The molecule has 2 heterocycles. The molecule has 0 unspecified atom stereocenters. The van der Waals surface area contributed by atoms with Gasteiger partial charge in [-0.05, 0) is 6.92 Å². The summed E-state index contributed by atoms with van der Waals surface area (Å²) < 4.78 is 0. The molecule has 0 aromatic carbocycles. The van der Waals surface area contributed by atoms with Crippen molar-refractivity contribution in [3.63, 3.8) is 0 Å². The molecule has 15 heavy (non-hydrogen) atoms. The first-order valence-electron chi connectivity index (χ1n) is 4.47. The summed E-state index contributed by atoms with van der Waals surface area (Å²) in [5, 5.41) is 3.07. The van der Waals surface area contributed by atoms with E-state index in [-0.39, 0.29) is 0 Å². The number of aromatic nitrogens is 3. The lowest BCUT2D eigenvalue weighted by Gasteiger charge is -2.00. The number of thiazole rings is 1. The van der Waals surface area contributed by atoms with Crippen molar-refractivity contribution in [3.8, 4) is 0 Å². The van der Waals surface area contributed by atoms with Gasteiger partial charge in [-0.2, -0.15) is 0 Å². The fourth-order valence-corrected chi connectivity index (χ4v) is 1.83. The van der Waals surface area contributed by atoms with Crippen molar-refractivity contribution in [3.05, 3.63) is 34.2 Å². The van der Waals surface area contributed by atoms with Gasteiger partial charge in [-0.3, -0.25) is 0 Å². The first kappa shape index (κ1) is 10.0. The maximum absolute atomic E-state index is 5.26. The van der Waals surface area contributed by atoms with Gasteiger partial charge in [0.05, 0.1) is 17.1 Å². The molecule has 0 saturated carbocycles. The number of aryl methyl sites for hydroxylation is 1. The number of hydrazine groups is 1. The molecule has 0 fully saturated rings. The third kappa shape index (κ3) is 2.48. The molecule has 0 saturated heterocycles. The van der Waals surface area contributed by atoms with E-state index in [1.54, 1.807) is 23.6 Å². The van der Waals surface area contributed by atoms with Crippen LogP contribution in [-0.2, 0) is 6.42 Å². The molecule has 0 bridgehead atoms. The average Bonchev–Trinajstić information content (AvgIpc) is 2.64. The van der Waals surface area contributed by atoms with Crippen LogP contribution >= 0.6 is 11.3 Å². The monoisotopic (exact) mass is 221 g/mol. The Morgan fingerprint density at radius 1 is 1.47 bits per heavy atom. The lowest BCUT2D eigenvalue weighted by molar-refractivity contribution is 0.938. The van der Waals surface area contributed by atoms with E-state index in [1.165, 1.54) is 0 Å². The zero-order valence-electron chi connectivity index (χ0n) is 8.27. The summed E-state index contributed by atoms with van der Waals surface area (Å²) in [7, 11) is 0. The summed E-state index contributed by atoms with van der Waals surface area (Å²) >= 11 is 1.63. The highest BCUT2D eigenvalue weighted by Crippen LogP contribution is 2.11. The summed E-state index contributed by atoms with van der Waals surface area (Å²) in [5.74, 6) is 6.60. The Balaban J connectivity index is 2.16. The van der Waals surface area contributed by atoms with Gasteiger partial charge in [0.2, 0.25) is 0 Å². The van der Waals surface area contributed by atoms with Crippen molar-refractivity contribution in [1.82, 2.24) is 15.0 Å². The van der Waals surface area contributed by atoms with Crippen molar-refractivity contribution < 1.29 is 0 Å². The Morgan fingerprint density at radius 3 is 3.00 bits per heavy atom. The molecule has 3 N–H and O–H groups in total. The maximum Gasteiger partial charge on any atom is 0.143 e. The van der Waals surface area contributed by atoms with Crippen molar-refractivity contribution in [1.29, 1.82) is 0 Å². The van der Waals surface area contributed by atoms with Gasteiger partial charge in [-0.25, -0.2) is 20.8 Å². The van der Waals surface area contributed by atoms with Gasteiger partial charge >= 0.3 is 0 Å². The molecule has 0 aliphatic rings. The van der Waals surface area contributed by atoms with E-state index < -0.39 is 0 Å². The lowest BCUT2D eigenvalue weighted by Crippen LogP contribution is -2.10.